The Morgan fingerprint density at radius 1 is 0.929 bits per heavy atom. The van der Waals surface area contributed by atoms with E-state index in [4.69, 9.17) is 0 Å². The summed E-state index contributed by atoms with van der Waals surface area (Å²) in [5, 5.41) is 2.89. The predicted octanol–water partition coefficient (Wildman–Crippen LogP) is 2.30. The van der Waals surface area contributed by atoms with Crippen LogP contribution < -0.4 is 5.32 Å². The fourth-order valence-electron chi connectivity index (χ4n) is 4.01. The first-order chi connectivity index (χ1) is 13.6. The Bertz CT molecular complexity index is 878. The maximum Gasteiger partial charge on any atom is 0.325 e. The average Bonchev–Trinajstić information content (AvgIpc) is 3.34. The molecule has 2 aliphatic heterocycles. The number of carbonyl (C=O) groups excluding carboxylic acids is 3. The van der Waals surface area contributed by atoms with Crippen LogP contribution in [0.5, 0.6) is 0 Å². The van der Waals surface area contributed by atoms with E-state index in [0.29, 0.717) is 25.1 Å². The third-order valence-corrected chi connectivity index (χ3v) is 5.51. The van der Waals surface area contributed by atoms with Crippen molar-refractivity contribution < 1.29 is 14.4 Å². The zero-order valence-electron chi connectivity index (χ0n) is 15.6. The second kappa shape index (κ2) is 7.46. The van der Waals surface area contributed by atoms with E-state index in [-0.39, 0.29) is 18.4 Å². The molecule has 6 nitrogen and oxygen atoms in total. The van der Waals surface area contributed by atoms with Gasteiger partial charge in [-0.15, -0.1) is 0 Å². The van der Waals surface area contributed by atoms with Crippen LogP contribution in [0.25, 0.3) is 0 Å². The zero-order valence-corrected chi connectivity index (χ0v) is 15.6. The molecule has 4 rings (SSSR count). The molecular weight excluding hydrogens is 354 g/mol. The molecule has 0 unspecified atom stereocenters. The van der Waals surface area contributed by atoms with Crippen LogP contribution in [0.1, 0.15) is 24.0 Å². The lowest BCUT2D eigenvalue weighted by Gasteiger charge is -2.28. The Labute approximate surface area is 164 Å². The number of amides is 4. The molecule has 0 radical (unpaired) electrons. The second-order valence-electron chi connectivity index (χ2n) is 7.34. The summed E-state index contributed by atoms with van der Waals surface area (Å²) >= 11 is 0. The Balaban J connectivity index is 1.65. The van der Waals surface area contributed by atoms with Crippen molar-refractivity contribution in [2.24, 2.45) is 0 Å². The van der Waals surface area contributed by atoms with Gasteiger partial charge >= 0.3 is 6.03 Å². The largest absolute Gasteiger partial charge is 0.341 e. The Morgan fingerprint density at radius 3 is 2.18 bits per heavy atom. The fourth-order valence-corrected chi connectivity index (χ4v) is 4.01. The summed E-state index contributed by atoms with van der Waals surface area (Å²) in [4.78, 5) is 41.5. The smallest absolute Gasteiger partial charge is 0.325 e. The Kier molecular flexibility index (Phi) is 4.86. The highest BCUT2D eigenvalue weighted by molar-refractivity contribution is 6.09. The molecule has 0 aliphatic carbocycles. The molecule has 0 bridgehead atoms. The van der Waals surface area contributed by atoms with Gasteiger partial charge in [0.1, 0.15) is 6.54 Å². The summed E-state index contributed by atoms with van der Waals surface area (Å²) in [6.07, 6.45) is 2.26. The molecule has 4 amide bonds. The minimum absolute atomic E-state index is 0.176. The monoisotopic (exact) mass is 377 g/mol. The van der Waals surface area contributed by atoms with E-state index in [9.17, 15) is 14.4 Å². The van der Waals surface area contributed by atoms with Crippen LogP contribution in [-0.2, 0) is 21.5 Å². The molecule has 2 saturated heterocycles. The van der Waals surface area contributed by atoms with Crippen molar-refractivity contribution in [2.75, 3.05) is 19.6 Å². The highest BCUT2D eigenvalue weighted by Gasteiger charge is 2.52. The van der Waals surface area contributed by atoms with E-state index >= 15 is 0 Å². The van der Waals surface area contributed by atoms with Gasteiger partial charge in [-0.2, -0.15) is 0 Å². The van der Waals surface area contributed by atoms with Crippen molar-refractivity contribution >= 4 is 17.8 Å². The highest BCUT2D eigenvalue weighted by atomic mass is 16.2. The first-order valence-electron chi connectivity index (χ1n) is 9.61. The molecule has 2 aromatic carbocycles. The van der Waals surface area contributed by atoms with E-state index in [1.165, 1.54) is 0 Å². The molecule has 0 spiro atoms. The second-order valence-corrected chi connectivity index (χ2v) is 7.34. The fraction of sp³-hybridized carbons (Fsp3) is 0.318. The van der Waals surface area contributed by atoms with Crippen LogP contribution >= 0.6 is 0 Å². The normalized spacial score (nSPS) is 21.9. The summed E-state index contributed by atoms with van der Waals surface area (Å²) in [7, 11) is 0. The van der Waals surface area contributed by atoms with Crippen molar-refractivity contribution in [1.82, 2.24) is 15.1 Å². The van der Waals surface area contributed by atoms with Gasteiger partial charge in [0.25, 0.3) is 5.91 Å². The SMILES string of the molecule is O=C(CN1C(=O)N[C@@](Cc2ccccc2)(c2ccccc2)C1=O)N1CCCC1. The standard InChI is InChI=1S/C22H23N3O3/c26-19(24-13-7-8-14-24)16-25-20(27)22(23-21(25)28,18-11-5-2-6-12-18)15-17-9-3-1-4-10-17/h1-6,9-12H,7-8,13-16H2,(H,23,28)/t22-/m0/s1. The molecule has 2 aliphatic rings. The lowest BCUT2D eigenvalue weighted by molar-refractivity contribution is -0.138. The summed E-state index contributed by atoms with van der Waals surface area (Å²) in [5.41, 5.74) is 0.450. The minimum Gasteiger partial charge on any atom is -0.341 e. The molecule has 28 heavy (non-hydrogen) atoms. The van der Waals surface area contributed by atoms with Crippen molar-refractivity contribution in [3.8, 4) is 0 Å². The van der Waals surface area contributed by atoms with Crippen LogP contribution in [0.15, 0.2) is 60.7 Å². The van der Waals surface area contributed by atoms with Gasteiger partial charge in [0, 0.05) is 19.5 Å². The van der Waals surface area contributed by atoms with Gasteiger partial charge in [-0.1, -0.05) is 60.7 Å². The number of likely N-dealkylation sites (tertiary alicyclic amines) is 1. The molecule has 0 saturated carbocycles. The number of urea groups is 1. The van der Waals surface area contributed by atoms with E-state index in [1.54, 1.807) is 4.90 Å². The number of nitrogens with zero attached hydrogens (tertiary/aromatic N) is 2. The van der Waals surface area contributed by atoms with Crippen LogP contribution in [0.4, 0.5) is 4.79 Å². The number of nitrogens with one attached hydrogen (secondary N) is 1. The van der Waals surface area contributed by atoms with Gasteiger partial charge in [0.15, 0.2) is 5.54 Å². The molecule has 2 heterocycles. The van der Waals surface area contributed by atoms with Gasteiger partial charge in [-0.05, 0) is 24.0 Å². The summed E-state index contributed by atoms with van der Waals surface area (Å²) in [6, 6.07) is 18.3. The van der Waals surface area contributed by atoms with Crippen molar-refractivity contribution in [2.45, 2.75) is 24.8 Å². The summed E-state index contributed by atoms with van der Waals surface area (Å²) in [5.74, 6) is -0.551. The first kappa shape index (κ1) is 18.2. The molecule has 2 aromatic rings. The number of hydrogen-bond donors (Lipinski definition) is 1. The molecule has 144 valence electrons. The predicted molar refractivity (Wildman–Crippen MR) is 104 cm³/mol. The van der Waals surface area contributed by atoms with Crippen LogP contribution in [-0.4, -0.2) is 47.3 Å². The molecule has 0 aromatic heterocycles. The van der Waals surface area contributed by atoms with Crippen LogP contribution in [0.3, 0.4) is 0 Å². The van der Waals surface area contributed by atoms with Crippen LogP contribution in [0.2, 0.25) is 0 Å². The molecule has 6 heteroatoms. The van der Waals surface area contributed by atoms with Crippen molar-refractivity contribution in [3.63, 3.8) is 0 Å². The Hall–Kier alpha value is -3.15. The third kappa shape index (κ3) is 3.26. The van der Waals surface area contributed by atoms with E-state index in [0.717, 1.165) is 23.3 Å². The maximum atomic E-state index is 13.5. The molecule has 2 fully saturated rings. The van der Waals surface area contributed by atoms with Gasteiger partial charge in [0.05, 0.1) is 0 Å². The number of benzene rings is 2. The zero-order chi connectivity index (χ0) is 19.6. The third-order valence-electron chi connectivity index (χ3n) is 5.51. The van der Waals surface area contributed by atoms with Crippen molar-refractivity contribution in [3.05, 3.63) is 71.8 Å². The molecule has 1 atom stereocenters. The van der Waals surface area contributed by atoms with E-state index in [2.05, 4.69) is 5.32 Å². The number of rotatable bonds is 5. The number of imide groups is 1. The summed E-state index contributed by atoms with van der Waals surface area (Å²) in [6.45, 7) is 1.17. The Morgan fingerprint density at radius 2 is 1.54 bits per heavy atom. The highest BCUT2D eigenvalue weighted by Crippen LogP contribution is 2.33. The van der Waals surface area contributed by atoms with Crippen molar-refractivity contribution in [1.29, 1.82) is 0 Å². The van der Waals surface area contributed by atoms with Crippen LogP contribution in [0, 0.1) is 0 Å². The number of carbonyl (C=O) groups is 3. The van der Waals surface area contributed by atoms with Gasteiger partial charge in [-0.3, -0.25) is 14.5 Å². The lowest BCUT2D eigenvalue weighted by atomic mass is 9.83. The van der Waals surface area contributed by atoms with Gasteiger partial charge in [-0.25, -0.2) is 4.79 Å². The number of hydrogen-bond acceptors (Lipinski definition) is 3. The molecular formula is C22H23N3O3. The van der Waals surface area contributed by atoms with Gasteiger partial charge < -0.3 is 10.2 Å². The average molecular weight is 377 g/mol. The van der Waals surface area contributed by atoms with E-state index in [1.807, 2.05) is 60.7 Å². The first-order valence-corrected chi connectivity index (χ1v) is 9.61. The van der Waals surface area contributed by atoms with Gasteiger partial charge in [0.2, 0.25) is 5.91 Å². The molecule has 1 N–H and O–H groups in total. The summed E-state index contributed by atoms with van der Waals surface area (Å²) < 4.78 is 0. The minimum atomic E-state index is -1.20. The topological polar surface area (TPSA) is 69.7 Å². The lowest BCUT2D eigenvalue weighted by Crippen LogP contribution is -2.47. The van der Waals surface area contributed by atoms with E-state index < -0.39 is 11.6 Å². The maximum absolute atomic E-state index is 13.5. The quantitative estimate of drug-likeness (QED) is 0.813.